The van der Waals surface area contributed by atoms with E-state index in [0.717, 1.165) is 12.8 Å². The summed E-state index contributed by atoms with van der Waals surface area (Å²) in [7, 11) is 1.78. The second-order valence-electron chi connectivity index (χ2n) is 5.08. The van der Waals surface area contributed by atoms with Gasteiger partial charge in [-0.1, -0.05) is 0 Å². The van der Waals surface area contributed by atoms with Crippen LogP contribution in [-0.4, -0.2) is 47.7 Å². The van der Waals surface area contributed by atoms with Crippen LogP contribution in [0.2, 0.25) is 0 Å². The number of amides is 1. The van der Waals surface area contributed by atoms with Gasteiger partial charge in [0.15, 0.2) is 0 Å². The van der Waals surface area contributed by atoms with Crippen molar-refractivity contribution in [1.29, 1.82) is 5.26 Å². The van der Waals surface area contributed by atoms with Crippen LogP contribution in [0.15, 0.2) is 0 Å². The quantitative estimate of drug-likeness (QED) is 0.689. The summed E-state index contributed by atoms with van der Waals surface area (Å²) in [6.07, 6.45) is 2.01. The summed E-state index contributed by atoms with van der Waals surface area (Å²) < 4.78 is 0. The fourth-order valence-corrected chi connectivity index (χ4v) is 1.73. The van der Waals surface area contributed by atoms with Crippen LogP contribution in [0.25, 0.3) is 0 Å². The first-order valence-electron chi connectivity index (χ1n) is 5.96. The van der Waals surface area contributed by atoms with Gasteiger partial charge in [-0.2, -0.15) is 5.26 Å². The van der Waals surface area contributed by atoms with Crippen LogP contribution in [0, 0.1) is 17.2 Å². The van der Waals surface area contributed by atoms with E-state index >= 15 is 0 Å². The molecule has 5 heteroatoms. The fourth-order valence-electron chi connectivity index (χ4n) is 1.73. The molecule has 2 atom stereocenters. The second-order valence-corrected chi connectivity index (χ2v) is 5.08. The molecule has 5 nitrogen and oxygen atoms in total. The van der Waals surface area contributed by atoms with Gasteiger partial charge in [0.1, 0.15) is 5.54 Å². The smallest absolute Gasteiger partial charge is 0.235 e. The molecule has 1 fully saturated rings. The highest BCUT2D eigenvalue weighted by molar-refractivity contribution is 5.79. The van der Waals surface area contributed by atoms with Gasteiger partial charge in [-0.3, -0.25) is 9.69 Å². The predicted octanol–water partition coefficient (Wildman–Crippen LogP) is 0.107. The molecule has 1 rings (SSSR count). The monoisotopic (exact) mass is 239 g/mol. The van der Waals surface area contributed by atoms with Crippen LogP contribution >= 0.6 is 0 Å². The van der Waals surface area contributed by atoms with E-state index in [2.05, 4.69) is 11.4 Å². The molecule has 17 heavy (non-hydrogen) atoms. The highest BCUT2D eigenvalue weighted by Crippen LogP contribution is 2.39. The van der Waals surface area contributed by atoms with Crippen molar-refractivity contribution in [3.8, 4) is 6.07 Å². The number of likely N-dealkylation sites (N-methyl/N-ethyl adjacent to an activating group) is 1. The molecule has 1 aliphatic carbocycles. The topological polar surface area (TPSA) is 76.4 Å². The molecular formula is C12H21N3O2. The number of carbonyl (C=O) groups is 1. The summed E-state index contributed by atoms with van der Waals surface area (Å²) in [6.45, 7) is 3.84. The Labute approximate surface area is 102 Å². The lowest BCUT2D eigenvalue weighted by Gasteiger charge is -2.26. The van der Waals surface area contributed by atoms with Gasteiger partial charge in [-0.15, -0.1) is 0 Å². The first-order valence-corrected chi connectivity index (χ1v) is 5.96. The van der Waals surface area contributed by atoms with Crippen LogP contribution in [0.5, 0.6) is 0 Å². The number of nitrogens with zero attached hydrogens (tertiary/aromatic N) is 2. The minimum absolute atomic E-state index is 0.0158. The van der Waals surface area contributed by atoms with Gasteiger partial charge < -0.3 is 10.4 Å². The zero-order valence-corrected chi connectivity index (χ0v) is 10.7. The van der Waals surface area contributed by atoms with Crippen molar-refractivity contribution in [2.24, 2.45) is 5.92 Å². The Kier molecular flexibility index (Phi) is 4.49. The third-order valence-corrected chi connectivity index (χ3v) is 3.43. The van der Waals surface area contributed by atoms with Gasteiger partial charge in [-0.05, 0) is 39.7 Å². The standard InChI is InChI=1S/C12H21N3O2/c1-9(7-16)15(3)6-11(17)14-12(2,8-13)10-4-5-10/h9-10,16H,4-7H2,1-3H3,(H,14,17). The molecule has 96 valence electrons. The molecular weight excluding hydrogens is 218 g/mol. The molecule has 0 aliphatic heterocycles. The van der Waals surface area contributed by atoms with Crippen LogP contribution in [-0.2, 0) is 4.79 Å². The van der Waals surface area contributed by atoms with Crippen molar-refractivity contribution in [2.75, 3.05) is 20.2 Å². The summed E-state index contributed by atoms with van der Waals surface area (Å²) in [5.74, 6) is 0.126. The first-order chi connectivity index (χ1) is 7.92. The predicted molar refractivity (Wildman–Crippen MR) is 64.1 cm³/mol. The molecule has 2 N–H and O–H groups in total. The zero-order chi connectivity index (χ0) is 13.1. The highest BCUT2D eigenvalue weighted by atomic mass is 16.3. The van der Waals surface area contributed by atoms with E-state index in [4.69, 9.17) is 10.4 Å². The molecule has 0 aromatic rings. The average Bonchev–Trinajstić information content (AvgIpc) is 3.11. The van der Waals surface area contributed by atoms with Gasteiger partial charge in [0.05, 0.1) is 19.2 Å². The molecule has 0 aromatic heterocycles. The molecule has 0 radical (unpaired) electrons. The molecule has 1 aliphatic rings. The minimum Gasteiger partial charge on any atom is -0.395 e. The number of aliphatic hydroxyl groups is 1. The molecule has 0 aromatic carbocycles. The largest absolute Gasteiger partial charge is 0.395 e. The van der Waals surface area contributed by atoms with Crippen LogP contribution < -0.4 is 5.32 Å². The van der Waals surface area contributed by atoms with Crippen LogP contribution in [0.3, 0.4) is 0 Å². The van der Waals surface area contributed by atoms with Crippen molar-refractivity contribution in [2.45, 2.75) is 38.3 Å². The van der Waals surface area contributed by atoms with Gasteiger partial charge in [0, 0.05) is 6.04 Å². The number of hydrogen-bond donors (Lipinski definition) is 2. The summed E-state index contributed by atoms with van der Waals surface area (Å²) in [4.78, 5) is 13.6. The van der Waals surface area contributed by atoms with E-state index in [1.165, 1.54) is 0 Å². The number of hydrogen-bond acceptors (Lipinski definition) is 4. The molecule has 0 heterocycles. The van der Waals surface area contributed by atoms with Crippen LogP contribution in [0.1, 0.15) is 26.7 Å². The molecule has 0 spiro atoms. The second kappa shape index (κ2) is 5.48. The highest BCUT2D eigenvalue weighted by Gasteiger charge is 2.43. The Hall–Kier alpha value is -1.12. The molecule has 2 unspecified atom stereocenters. The molecule has 0 bridgehead atoms. The van der Waals surface area contributed by atoms with Crippen molar-refractivity contribution in [1.82, 2.24) is 10.2 Å². The van der Waals surface area contributed by atoms with Gasteiger partial charge in [-0.25, -0.2) is 0 Å². The van der Waals surface area contributed by atoms with E-state index in [-0.39, 0.29) is 31.0 Å². The number of nitrogens with one attached hydrogen (secondary N) is 1. The fraction of sp³-hybridized carbons (Fsp3) is 0.833. The van der Waals surface area contributed by atoms with Gasteiger partial charge in [0.2, 0.25) is 5.91 Å². The summed E-state index contributed by atoms with van der Waals surface area (Å²) >= 11 is 0. The van der Waals surface area contributed by atoms with Crippen molar-refractivity contribution < 1.29 is 9.90 Å². The van der Waals surface area contributed by atoms with E-state index in [9.17, 15) is 4.79 Å². The third kappa shape index (κ3) is 3.69. The normalized spacial score (nSPS) is 20.5. The zero-order valence-electron chi connectivity index (χ0n) is 10.7. The lowest BCUT2D eigenvalue weighted by molar-refractivity contribution is -0.123. The average molecular weight is 239 g/mol. The van der Waals surface area contributed by atoms with E-state index in [1.807, 2.05) is 6.92 Å². The Morgan fingerprint density at radius 3 is 2.71 bits per heavy atom. The maximum Gasteiger partial charge on any atom is 0.235 e. The lowest BCUT2D eigenvalue weighted by Crippen LogP contribution is -2.51. The summed E-state index contributed by atoms with van der Waals surface area (Å²) in [5.41, 5.74) is -0.736. The van der Waals surface area contributed by atoms with E-state index < -0.39 is 5.54 Å². The molecule has 1 saturated carbocycles. The van der Waals surface area contributed by atoms with Gasteiger partial charge in [0.25, 0.3) is 0 Å². The summed E-state index contributed by atoms with van der Waals surface area (Å²) in [5, 5.41) is 20.9. The number of carbonyl (C=O) groups excluding carboxylic acids is 1. The first kappa shape index (κ1) is 13.9. The van der Waals surface area contributed by atoms with Crippen molar-refractivity contribution in [3.05, 3.63) is 0 Å². The van der Waals surface area contributed by atoms with E-state index in [0.29, 0.717) is 0 Å². The van der Waals surface area contributed by atoms with E-state index in [1.54, 1.807) is 18.9 Å². The Balaban J connectivity index is 2.46. The Morgan fingerprint density at radius 1 is 1.71 bits per heavy atom. The Bertz CT molecular complexity index is 322. The molecule has 0 saturated heterocycles. The van der Waals surface area contributed by atoms with Gasteiger partial charge >= 0.3 is 0 Å². The lowest BCUT2D eigenvalue weighted by atomic mass is 9.98. The number of rotatable bonds is 6. The van der Waals surface area contributed by atoms with Crippen LogP contribution in [0.4, 0.5) is 0 Å². The number of nitriles is 1. The maximum atomic E-state index is 11.8. The third-order valence-electron chi connectivity index (χ3n) is 3.43. The Morgan fingerprint density at radius 2 is 2.29 bits per heavy atom. The minimum atomic E-state index is -0.736. The number of aliphatic hydroxyl groups excluding tert-OH is 1. The SMILES string of the molecule is CC(CO)N(C)CC(=O)NC(C)(C#N)C1CC1. The molecule has 1 amide bonds. The van der Waals surface area contributed by atoms with Crippen molar-refractivity contribution in [3.63, 3.8) is 0 Å². The maximum absolute atomic E-state index is 11.8. The summed E-state index contributed by atoms with van der Waals surface area (Å²) in [6, 6.07) is 2.13. The van der Waals surface area contributed by atoms with Crippen molar-refractivity contribution >= 4 is 5.91 Å².